The molecule has 0 aliphatic rings. The fourth-order valence-electron chi connectivity index (χ4n) is 1.59. The molecule has 3 heteroatoms. The molecule has 1 atom stereocenters. The molecule has 0 aromatic heterocycles. The quantitative estimate of drug-likeness (QED) is 0.808. The lowest BCUT2D eigenvalue weighted by atomic mass is 9.82. The van der Waals surface area contributed by atoms with Gasteiger partial charge in [-0.15, -0.1) is 0 Å². The molecule has 1 aromatic carbocycles. The Kier molecular flexibility index (Phi) is 4.38. The third-order valence-corrected chi connectivity index (χ3v) is 3.54. The highest BCUT2D eigenvalue weighted by atomic mass is 16.1. The summed E-state index contributed by atoms with van der Waals surface area (Å²) in [5.74, 6) is 0.402. The summed E-state index contributed by atoms with van der Waals surface area (Å²) in [5.41, 5.74) is 8.17. The van der Waals surface area contributed by atoms with Gasteiger partial charge in [-0.05, 0) is 42.0 Å². The van der Waals surface area contributed by atoms with Crippen LogP contribution in [0.4, 0.5) is 5.69 Å². The van der Waals surface area contributed by atoms with E-state index in [0.717, 1.165) is 5.56 Å². The van der Waals surface area contributed by atoms with E-state index in [1.807, 2.05) is 13.0 Å². The van der Waals surface area contributed by atoms with Crippen molar-refractivity contribution < 1.29 is 4.79 Å². The fourth-order valence-corrected chi connectivity index (χ4v) is 1.59. The molecule has 0 spiro atoms. The number of hydrogen-bond donors (Lipinski definition) is 2. The number of nitrogen functional groups attached to an aromatic ring is 1. The van der Waals surface area contributed by atoms with E-state index in [4.69, 9.17) is 5.73 Å². The van der Waals surface area contributed by atoms with Crippen LogP contribution in [-0.2, 0) is 0 Å². The zero-order valence-electron chi connectivity index (χ0n) is 12.0. The van der Waals surface area contributed by atoms with Gasteiger partial charge in [-0.3, -0.25) is 4.79 Å². The van der Waals surface area contributed by atoms with E-state index < -0.39 is 0 Å². The largest absolute Gasteiger partial charge is 0.399 e. The maximum absolute atomic E-state index is 12.1. The van der Waals surface area contributed by atoms with Gasteiger partial charge in [-0.25, -0.2) is 0 Å². The standard InChI is InChI=1S/C15H24N2O/c1-10-8-12(16)6-7-13(10)14(18)17-9-11(2)15(3,4)5/h6-8,11H,9,16H2,1-5H3,(H,17,18). The van der Waals surface area contributed by atoms with Crippen molar-refractivity contribution in [2.75, 3.05) is 12.3 Å². The lowest BCUT2D eigenvalue weighted by Crippen LogP contribution is -2.34. The summed E-state index contributed by atoms with van der Waals surface area (Å²) in [7, 11) is 0. The van der Waals surface area contributed by atoms with Crippen LogP contribution in [-0.4, -0.2) is 12.5 Å². The number of aryl methyl sites for hydroxylation is 1. The van der Waals surface area contributed by atoms with Gasteiger partial charge in [0, 0.05) is 17.8 Å². The van der Waals surface area contributed by atoms with Crippen LogP contribution < -0.4 is 11.1 Å². The molecule has 0 bridgehead atoms. The topological polar surface area (TPSA) is 55.1 Å². The summed E-state index contributed by atoms with van der Waals surface area (Å²) >= 11 is 0. The molecule has 1 rings (SSSR count). The van der Waals surface area contributed by atoms with Gasteiger partial charge in [0.25, 0.3) is 5.91 Å². The van der Waals surface area contributed by atoms with Crippen LogP contribution in [0.15, 0.2) is 18.2 Å². The van der Waals surface area contributed by atoms with Crippen molar-refractivity contribution in [2.45, 2.75) is 34.6 Å². The van der Waals surface area contributed by atoms with Gasteiger partial charge in [0.05, 0.1) is 0 Å². The Morgan fingerprint density at radius 2 is 2.00 bits per heavy atom. The Hall–Kier alpha value is -1.51. The van der Waals surface area contributed by atoms with Crippen LogP contribution in [0.2, 0.25) is 0 Å². The molecular formula is C15H24N2O. The molecule has 3 nitrogen and oxygen atoms in total. The van der Waals surface area contributed by atoms with Gasteiger partial charge < -0.3 is 11.1 Å². The van der Waals surface area contributed by atoms with E-state index >= 15 is 0 Å². The molecule has 1 aromatic rings. The molecule has 0 aliphatic heterocycles. The maximum Gasteiger partial charge on any atom is 0.251 e. The molecule has 0 heterocycles. The summed E-state index contributed by atoms with van der Waals surface area (Å²) < 4.78 is 0. The summed E-state index contributed by atoms with van der Waals surface area (Å²) in [4.78, 5) is 12.1. The zero-order chi connectivity index (χ0) is 13.9. The van der Waals surface area contributed by atoms with Crippen molar-refractivity contribution >= 4 is 11.6 Å². The summed E-state index contributed by atoms with van der Waals surface area (Å²) in [5, 5.41) is 2.99. The molecule has 18 heavy (non-hydrogen) atoms. The van der Waals surface area contributed by atoms with Crippen molar-refractivity contribution in [1.82, 2.24) is 5.32 Å². The van der Waals surface area contributed by atoms with E-state index in [1.165, 1.54) is 0 Å². The Bertz CT molecular complexity index is 433. The SMILES string of the molecule is Cc1cc(N)ccc1C(=O)NCC(C)C(C)(C)C. The van der Waals surface area contributed by atoms with E-state index in [1.54, 1.807) is 12.1 Å². The first kappa shape index (κ1) is 14.6. The van der Waals surface area contributed by atoms with Crippen molar-refractivity contribution in [3.05, 3.63) is 29.3 Å². The molecule has 0 saturated carbocycles. The number of carbonyl (C=O) groups is 1. The van der Waals surface area contributed by atoms with Crippen molar-refractivity contribution in [3.8, 4) is 0 Å². The summed E-state index contributed by atoms with van der Waals surface area (Å²) in [6, 6.07) is 5.36. The molecule has 3 N–H and O–H groups in total. The van der Waals surface area contributed by atoms with Crippen LogP contribution in [0.25, 0.3) is 0 Å². The smallest absolute Gasteiger partial charge is 0.251 e. The lowest BCUT2D eigenvalue weighted by Gasteiger charge is -2.27. The van der Waals surface area contributed by atoms with Crippen LogP contribution >= 0.6 is 0 Å². The van der Waals surface area contributed by atoms with Crippen LogP contribution in [0.3, 0.4) is 0 Å². The Morgan fingerprint density at radius 3 is 2.50 bits per heavy atom. The molecule has 1 amide bonds. The normalized spacial score (nSPS) is 13.2. The summed E-state index contributed by atoms with van der Waals surface area (Å²) in [6.07, 6.45) is 0. The second kappa shape index (κ2) is 5.42. The number of carbonyl (C=O) groups excluding carboxylic acids is 1. The van der Waals surface area contributed by atoms with Gasteiger partial charge in [-0.1, -0.05) is 27.7 Å². The van der Waals surface area contributed by atoms with Gasteiger partial charge in [0.2, 0.25) is 0 Å². The minimum Gasteiger partial charge on any atom is -0.399 e. The van der Waals surface area contributed by atoms with Gasteiger partial charge in [0.15, 0.2) is 0 Å². The van der Waals surface area contributed by atoms with E-state index in [-0.39, 0.29) is 11.3 Å². The Labute approximate surface area is 110 Å². The fraction of sp³-hybridized carbons (Fsp3) is 0.533. The zero-order valence-corrected chi connectivity index (χ0v) is 12.0. The predicted molar refractivity (Wildman–Crippen MR) is 76.5 cm³/mol. The monoisotopic (exact) mass is 248 g/mol. The minimum atomic E-state index is -0.0244. The van der Waals surface area contributed by atoms with Crippen molar-refractivity contribution in [2.24, 2.45) is 11.3 Å². The highest BCUT2D eigenvalue weighted by Crippen LogP contribution is 2.24. The van der Waals surface area contributed by atoms with E-state index in [2.05, 4.69) is 33.0 Å². The van der Waals surface area contributed by atoms with E-state index in [0.29, 0.717) is 23.7 Å². The molecule has 100 valence electrons. The van der Waals surface area contributed by atoms with Crippen molar-refractivity contribution in [3.63, 3.8) is 0 Å². The molecule has 1 unspecified atom stereocenters. The summed E-state index contributed by atoms with van der Waals surface area (Å²) in [6.45, 7) is 11.3. The third-order valence-electron chi connectivity index (χ3n) is 3.54. The lowest BCUT2D eigenvalue weighted by molar-refractivity contribution is 0.0936. The Balaban J connectivity index is 2.66. The molecule has 0 radical (unpaired) electrons. The van der Waals surface area contributed by atoms with Crippen molar-refractivity contribution in [1.29, 1.82) is 0 Å². The predicted octanol–water partition coefficient (Wildman–Crippen LogP) is 2.99. The maximum atomic E-state index is 12.1. The van der Waals surface area contributed by atoms with Gasteiger partial charge in [0.1, 0.15) is 0 Å². The second-order valence-electron chi connectivity index (χ2n) is 6.05. The number of amides is 1. The van der Waals surface area contributed by atoms with E-state index in [9.17, 15) is 4.79 Å². The van der Waals surface area contributed by atoms with Gasteiger partial charge in [-0.2, -0.15) is 0 Å². The number of rotatable bonds is 3. The molecule has 0 saturated heterocycles. The number of nitrogens with one attached hydrogen (secondary N) is 1. The van der Waals surface area contributed by atoms with Crippen LogP contribution in [0, 0.1) is 18.3 Å². The number of benzene rings is 1. The number of hydrogen-bond acceptors (Lipinski definition) is 2. The molecular weight excluding hydrogens is 224 g/mol. The average Bonchev–Trinajstić information content (AvgIpc) is 2.24. The Morgan fingerprint density at radius 1 is 1.39 bits per heavy atom. The number of nitrogens with two attached hydrogens (primary N) is 1. The molecule has 0 fully saturated rings. The first-order valence-electron chi connectivity index (χ1n) is 6.36. The third kappa shape index (κ3) is 3.76. The highest BCUT2D eigenvalue weighted by molar-refractivity contribution is 5.96. The first-order chi connectivity index (χ1) is 8.21. The second-order valence-corrected chi connectivity index (χ2v) is 6.05. The molecule has 0 aliphatic carbocycles. The van der Waals surface area contributed by atoms with Gasteiger partial charge >= 0.3 is 0 Å². The minimum absolute atomic E-state index is 0.0244. The first-order valence-corrected chi connectivity index (χ1v) is 6.36. The highest BCUT2D eigenvalue weighted by Gasteiger charge is 2.20. The average molecular weight is 248 g/mol. The number of anilines is 1. The van der Waals surface area contributed by atoms with Crippen LogP contribution in [0.5, 0.6) is 0 Å². The van der Waals surface area contributed by atoms with Crippen LogP contribution in [0.1, 0.15) is 43.6 Å².